The largest absolute Gasteiger partial charge is 0.340 e. The van der Waals surface area contributed by atoms with Gasteiger partial charge in [0.1, 0.15) is 6.04 Å². The summed E-state index contributed by atoms with van der Waals surface area (Å²) in [4.78, 5) is 30.6. The van der Waals surface area contributed by atoms with Crippen molar-refractivity contribution in [3.05, 3.63) is 40.9 Å². The molecule has 0 spiro atoms. The van der Waals surface area contributed by atoms with Gasteiger partial charge in [0.25, 0.3) is 5.91 Å². The van der Waals surface area contributed by atoms with Crippen molar-refractivity contribution in [3.8, 4) is 0 Å². The minimum Gasteiger partial charge on any atom is -0.340 e. The van der Waals surface area contributed by atoms with Crippen LogP contribution in [0.2, 0.25) is 0 Å². The Morgan fingerprint density at radius 3 is 2.40 bits per heavy atom. The van der Waals surface area contributed by atoms with Crippen LogP contribution in [0.5, 0.6) is 0 Å². The molecule has 0 unspecified atom stereocenters. The summed E-state index contributed by atoms with van der Waals surface area (Å²) in [5, 5.41) is 5.89. The molecule has 164 valence electrons. The first-order valence-electron chi connectivity index (χ1n) is 9.74. The lowest BCUT2D eigenvalue weighted by Gasteiger charge is -2.22. The van der Waals surface area contributed by atoms with Crippen molar-refractivity contribution < 1.29 is 18.0 Å². The molecule has 0 bridgehead atoms. The Labute approximate surface area is 181 Å². The molecule has 2 amide bonds. The maximum atomic E-state index is 12.8. The van der Waals surface area contributed by atoms with Gasteiger partial charge in [0.15, 0.2) is 5.13 Å². The first kappa shape index (κ1) is 24.0. The number of hydrogen-bond donors (Lipinski definition) is 2. The molecule has 0 saturated carbocycles. The Balaban J connectivity index is 2.21. The molecule has 0 radical (unpaired) electrons. The summed E-state index contributed by atoms with van der Waals surface area (Å²) in [7, 11) is -3.69. The van der Waals surface area contributed by atoms with Crippen molar-refractivity contribution in [1.82, 2.24) is 14.6 Å². The van der Waals surface area contributed by atoms with Gasteiger partial charge in [0, 0.05) is 29.7 Å². The predicted molar refractivity (Wildman–Crippen MR) is 118 cm³/mol. The molecule has 1 aromatic carbocycles. The summed E-state index contributed by atoms with van der Waals surface area (Å²) in [6, 6.07) is 5.04. The maximum absolute atomic E-state index is 12.8. The number of carbonyl (C=O) groups is 2. The van der Waals surface area contributed by atoms with Gasteiger partial charge < -0.3 is 10.6 Å². The van der Waals surface area contributed by atoms with Crippen LogP contribution in [0.4, 0.5) is 5.13 Å². The number of sulfonamides is 1. The van der Waals surface area contributed by atoms with E-state index in [1.165, 1.54) is 39.9 Å². The molecule has 8 nitrogen and oxygen atoms in total. The topological polar surface area (TPSA) is 108 Å². The Bertz CT molecular complexity index is 998. The number of rotatable bonds is 9. The zero-order chi connectivity index (χ0) is 22.5. The number of benzene rings is 1. The van der Waals surface area contributed by atoms with E-state index in [2.05, 4.69) is 15.6 Å². The fraction of sp³-hybridized carbons (Fsp3) is 0.450. The van der Waals surface area contributed by atoms with Crippen LogP contribution in [0.25, 0.3) is 0 Å². The van der Waals surface area contributed by atoms with E-state index in [-0.39, 0.29) is 22.3 Å². The SMILES string of the molecule is CCN(CC)S(=O)(=O)c1cccc(C(=O)N[C@H](C(=O)Nc2ncc(C)s2)C(C)C)c1. The van der Waals surface area contributed by atoms with E-state index in [9.17, 15) is 18.0 Å². The molecule has 1 aromatic heterocycles. The number of anilines is 1. The Hall–Kier alpha value is -2.30. The number of amides is 2. The minimum absolute atomic E-state index is 0.0441. The lowest BCUT2D eigenvalue weighted by Crippen LogP contribution is -2.47. The molecule has 2 aromatic rings. The minimum atomic E-state index is -3.69. The molecule has 1 heterocycles. The average molecular weight is 453 g/mol. The lowest BCUT2D eigenvalue weighted by molar-refractivity contribution is -0.118. The first-order valence-corrected chi connectivity index (χ1v) is 12.0. The third-order valence-corrected chi connectivity index (χ3v) is 7.40. The average Bonchev–Trinajstić information content (AvgIpc) is 3.10. The molecule has 0 aliphatic carbocycles. The summed E-state index contributed by atoms with van der Waals surface area (Å²) < 4.78 is 26.8. The number of nitrogens with zero attached hydrogens (tertiary/aromatic N) is 2. The maximum Gasteiger partial charge on any atom is 0.251 e. The summed E-state index contributed by atoms with van der Waals surface area (Å²) in [5.74, 6) is -1.08. The number of aryl methyl sites for hydroxylation is 1. The van der Waals surface area contributed by atoms with Gasteiger partial charge in [-0.1, -0.05) is 33.8 Å². The summed E-state index contributed by atoms with van der Waals surface area (Å²) >= 11 is 1.34. The Morgan fingerprint density at radius 1 is 1.20 bits per heavy atom. The van der Waals surface area contributed by atoms with Crippen LogP contribution in [0.15, 0.2) is 35.4 Å². The number of nitrogens with one attached hydrogen (secondary N) is 2. The number of thiazole rings is 1. The van der Waals surface area contributed by atoms with Crippen LogP contribution >= 0.6 is 11.3 Å². The van der Waals surface area contributed by atoms with Gasteiger partial charge in [-0.25, -0.2) is 13.4 Å². The van der Waals surface area contributed by atoms with Gasteiger partial charge in [-0.15, -0.1) is 11.3 Å². The van der Waals surface area contributed by atoms with Crippen LogP contribution in [-0.2, 0) is 14.8 Å². The van der Waals surface area contributed by atoms with Crippen molar-refractivity contribution in [3.63, 3.8) is 0 Å². The molecule has 1 atom stereocenters. The second-order valence-electron chi connectivity index (χ2n) is 7.08. The molecule has 2 N–H and O–H groups in total. The molecular formula is C20H28N4O4S2. The highest BCUT2D eigenvalue weighted by atomic mass is 32.2. The number of hydrogen-bond acceptors (Lipinski definition) is 6. The standard InChI is InChI=1S/C20H28N4O4S2/c1-6-24(7-2)30(27,28)16-10-8-9-15(11-16)18(25)22-17(13(3)4)19(26)23-20-21-12-14(5)29-20/h8-13,17H,6-7H2,1-5H3,(H,22,25)(H,21,23,26)/t17-/m0/s1. The third kappa shape index (κ3) is 5.65. The number of aromatic nitrogens is 1. The van der Waals surface area contributed by atoms with E-state index >= 15 is 0 Å². The third-order valence-electron chi connectivity index (χ3n) is 4.53. The van der Waals surface area contributed by atoms with Gasteiger partial charge in [0.2, 0.25) is 15.9 Å². The summed E-state index contributed by atoms with van der Waals surface area (Å²) in [6.07, 6.45) is 1.66. The molecule has 0 aliphatic rings. The molecule has 0 aliphatic heterocycles. The fourth-order valence-electron chi connectivity index (χ4n) is 2.87. The first-order chi connectivity index (χ1) is 14.1. The van der Waals surface area contributed by atoms with Crippen molar-refractivity contribution >= 4 is 38.3 Å². The molecule has 10 heteroatoms. The highest BCUT2D eigenvalue weighted by Crippen LogP contribution is 2.19. The highest BCUT2D eigenvalue weighted by molar-refractivity contribution is 7.89. The number of carbonyl (C=O) groups excluding carboxylic acids is 2. The predicted octanol–water partition coefficient (Wildman–Crippen LogP) is 2.88. The van der Waals surface area contributed by atoms with Gasteiger partial charge in [-0.3, -0.25) is 9.59 Å². The molecular weight excluding hydrogens is 424 g/mol. The highest BCUT2D eigenvalue weighted by Gasteiger charge is 2.27. The monoisotopic (exact) mass is 452 g/mol. The Morgan fingerprint density at radius 2 is 1.87 bits per heavy atom. The van der Waals surface area contributed by atoms with Crippen molar-refractivity contribution in [2.75, 3.05) is 18.4 Å². The quantitative estimate of drug-likeness (QED) is 0.608. The van der Waals surface area contributed by atoms with Crippen molar-refractivity contribution in [1.29, 1.82) is 0 Å². The van der Waals surface area contributed by atoms with E-state index in [0.29, 0.717) is 18.2 Å². The van der Waals surface area contributed by atoms with Crippen molar-refractivity contribution in [2.24, 2.45) is 5.92 Å². The second kappa shape index (κ2) is 10.1. The van der Waals surface area contributed by atoms with Crippen LogP contribution in [0, 0.1) is 12.8 Å². The van der Waals surface area contributed by atoms with Crippen LogP contribution in [-0.4, -0.2) is 48.7 Å². The van der Waals surface area contributed by atoms with Crippen LogP contribution in [0.1, 0.15) is 42.9 Å². The molecule has 2 rings (SSSR count). The lowest BCUT2D eigenvalue weighted by atomic mass is 10.0. The van der Waals surface area contributed by atoms with E-state index in [1.54, 1.807) is 20.0 Å². The van der Waals surface area contributed by atoms with Gasteiger partial charge in [-0.2, -0.15) is 4.31 Å². The normalized spacial score (nSPS) is 12.8. The van der Waals surface area contributed by atoms with Gasteiger partial charge in [0.05, 0.1) is 4.90 Å². The van der Waals surface area contributed by atoms with Crippen LogP contribution < -0.4 is 10.6 Å². The fourth-order valence-corrected chi connectivity index (χ4v) is 5.04. The second-order valence-corrected chi connectivity index (χ2v) is 10.3. The molecule has 0 fully saturated rings. The van der Waals surface area contributed by atoms with Gasteiger partial charge >= 0.3 is 0 Å². The van der Waals surface area contributed by atoms with E-state index in [1.807, 2.05) is 20.8 Å². The molecule has 30 heavy (non-hydrogen) atoms. The Kier molecular flexibility index (Phi) is 8.10. The summed E-state index contributed by atoms with van der Waals surface area (Å²) in [5.41, 5.74) is 0.173. The van der Waals surface area contributed by atoms with Crippen LogP contribution in [0.3, 0.4) is 0 Å². The zero-order valence-electron chi connectivity index (χ0n) is 17.8. The molecule has 0 saturated heterocycles. The van der Waals surface area contributed by atoms with E-state index in [4.69, 9.17) is 0 Å². The zero-order valence-corrected chi connectivity index (χ0v) is 19.4. The van der Waals surface area contributed by atoms with Gasteiger partial charge in [-0.05, 0) is 31.0 Å². The van der Waals surface area contributed by atoms with E-state index < -0.39 is 22.0 Å². The van der Waals surface area contributed by atoms with E-state index in [0.717, 1.165) is 4.88 Å². The van der Waals surface area contributed by atoms with Crippen molar-refractivity contribution in [2.45, 2.75) is 45.6 Å². The smallest absolute Gasteiger partial charge is 0.251 e. The summed E-state index contributed by atoms with van der Waals surface area (Å²) in [6.45, 7) is 9.70.